The van der Waals surface area contributed by atoms with E-state index in [9.17, 15) is 17.6 Å². The summed E-state index contributed by atoms with van der Waals surface area (Å²) in [4.78, 5) is 0. The highest BCUT2D eigenvalue weighted by Crippen LogP contribution is 2.26. The van der Waals surface area contributed by atoms with Crippen molar-refractivity contribution in [3.63, 3.8) is 0 Å². The molecule has 22 heavy (non-hydrogen) atoms. The first kappa shape index (κ1) is 20.3. The van der Waals surface area contributed by atoms with Crippen molar-refractivity contribution in [2.75, 3.05) is 12.3 Å². The molecular weight excluding hydrogens is 346 g/mol. The van der Waals surface area contributed by atoms with Crippen LogP contribution in [-0.4, -0.2) is 12.8 Å². The van der Waals surface area contributed by atoms with Gasteiger partial charge in [-0.25, -0.2) is 4.39 Å². The Morgan fingerprint density at radius 3 is 2.36 bits per heavy atom. The van der Waals surface area contributed by atoms with Crippen LogP contribution in [0.1, 0.15) is 5.56 Å². The fraction of sp³-hybridized carbons (Fsp3) is 0.167. The zero-order chi connectivity index (χ0) is 16.2. The van der Waals surface area contributed by atoms with Crippen molar-refractivity contribution in [3.8, 4) is 0 Å². The van der Waals surface area contributed by atoms with Crippen LogP contribution in [0.3, 0.4) is 0 Å². The molecule has 4 nitrogen and oxygen atoms in total. The van der Waals surface area contributed by atoms with Gasteiger partial charge in [0.2, 0.25) is 0 Å². The highest BCUT2D eigenvalue weighted by Gasteiger charge is 2.28. The standard InChI is InChI=1S/C12H12ClF4N3O.H2S/c13-7-4-10(19)8(14)3-6(7)9(18)1-2-11(20)21-5-12(15,16)17;/h1-4H,5,18-20H2;1H2/b9-1-,11-2+;. The maximum atomic E-state index is 13.3. The summed E-state index contributed by atoms with van der Waals surface area (Å²) in [6.07, 6.45) is -2.36. The minimum atomic E-state index is -4.50. The van der Waals surface area contributed by atoms with Crippen LogP contribution in [0.5, 0.6) is 0 Å². The predicted molar refractivity (Wildman–Crippen MR) is 82.6 cm³/mol. The number of ether oxygens (including phenoxy) is 1. The monoisotopic (exact) mass is 359 g/mol. The van der Waals surface area contributed by atoms with Gasteiger partial charge in [-0.1, -0.05) is 11.6 Å². The van der Waals surface area contributed by atoms with E-state index in [0.717, 1.165) is 18.2 Å². The topological polar surface area (TPSA) is 87.3 Å². The molecule has 10 heteroatoms. The Morgan fingerprint density at radius 1 is 1.23 bits per heavy atom. The van der Waals surface area contributed by atoms with Crippen LogP contribution in [0, 0.1) is 5.82 Å². The van der Waals surface area contributed by atoms with Gasteiger partial charge in [-0.3, -0.25) is 0 Å². The van der Waals surface area contributed by atoms with E-state index in [4.69, 9.17) is 28.8 Å². The first-order valence-electron chi connectivity index (χ1n) is 5.47. The van der Waals surface area contributed by atoms with Gasteiger partial charge in [0.15, 0.2) is 12.5 Å². The minimum absolute atomic E-state index is 0. The largest absolute Gasteiger partial charge is 0.470 e. The Balaban J connectivity index is 0.00000441. The van der Waals surface area contributed by atoms with Gasteiger partial charge >= 0.3 is 6.18 Å². The molecule has 1 aromatic carbocycles. The lowest BCUT2D eigenvalue weighted by Crippen LogP contribution is -2.18. The number of nitrogens with two attached hydrogens (primary N) is 3. The summed E-state index contributed by atoms with van der Waals surface area (Å²) in [6.45, 7) is -1.53. The van der Waals surface area contributed by atoms with Crippen molar-refractivity contribution in [2.24, 2.45) is 11.5 Å². The van der Waals surface area contributed by atoms with Gasteiger partial charge in [-0.15, -0.1) is 0 Å². The molecule has 0 bridgehead atoms. The van der Waals surface area contributed by atoms with Crippen LogP contribution in [-0.2, 0) is 4.74 Å². The van der Waals surface area contributed by atoms with Gasteiger partial charge in [-0.2, -0.15) is 26.7 Å². The Morgan fingerprint density at radius 2 is 1.82 bits per heavy atom. The van der Waals surface area contributed by atoms with Crippen LogP contribution < -0.4 is 17.2 Å². The van der Waals surface area contributed by atoms with Crippen LogP contribution in [0.2, 0.25) is 5.02 Å². The molecule has 1 aromatic rings. The SMILES string of the molecule is N/C(=C\C=C(/N)OCC(F)(F)F)c1cc(F)c(N)cc1Cl.S. The number of alkyl halides is 3. The molecule has 0 radical (unpaired) electrons. The third-order valence-corrected chi connectivity index (χ3v) is 2.54. The molecule has 0 aromatic heterocycles. The van der Waals surface area contributed by atoms with Gasteiger partial charge in [0.25, 0.3) is 0 Å². The van der Waals surface area contributed by atoms with Crippen LogP contribution in [0.15, 0.2) is 30.2 Å². The maximum Gasteiger partial charge on any atom is 0.422 e. The number of hydrogen-bond donors (Lipinski definition) is 3. The molecule has 0 aliphatic carbocycles. The predicted octanol–water partition coefficient (Wildman–Crippen LogP) is 2.85. The number of benzene rings is 1. The van der Waals surface area contributed by atoms with Crippen molar-refractivity contribution < 1.29 is 22.3 Å². The lowest BCUT2D eigenvalue weighted by molar-refractivity contribution is -0.165. The maximum absolute atomic E-state index is 13.3. The molecule has 0 saturated carbocycles. The molecule has 124 valence electrons. The second-order valence-corrected chi connectivity index (χ2v) is 4.36. The summed E-state index contributed by atoms with van der Waals surface area (Å²) in [5, 5.41) is 0.0887. The fourth-order valence-corrected chi connectivity index (χ4v) is 1.54. The fourth-order valence-electron chi connectivity index (χ4n) is 1.26. The van der Waals surface area contributed by atoms with E-state index in [1.807, 2.05) is 0 Å². The highest BCUT2D eigenvalue weighted by molar-refractivity contribution is 7.59. The molecule has 0 atom stereocenters. The van der Waals surface area contributed by atoms with Gasteiger partial charge in [0, 0.05) is 11.3 Å². The van der Waals surface area contributed by atoms with Crippen LogP contribution in [0.4, 0.5) is 23.2 Å². The first-order valence-corrected chi connectivity index (χ1v) is 5.85. The smallest absolute Gasteiger partial charge is 0.422 e. The molecule has 0 unspecified atom stereocenters. The van der Waals surface area contributed by atoms with Crippen LogP contribution >= 0.6 is 25.1 Å². The number of allylic oxidation sites excluding steroid dienone is 2. The van der Waals surface area contributed by atoms with Gasteiger partial charge in [-0.05, 0) is 24.3 Å². The minimum Gasteiger partial charge on any atom is -0.470 e. The van der Waals surface area contributed by atoms with Gasteiger partial charge in [0.1, 0.15) is 5.82 Å². The molecule has 0 fully saturated rings. The summed E-state index contributed by atoms with van der Waals surface area (Å²) in [5.74, 6) is -1.22. The van der Waals surface area contributed by atoms with Crippen molar-refractivity contribution in [1.82, 2.24) is 0 Å². The number of hydrogen-bond acceptors (Lipinski definition) is 4. The second-order valence-electron chi connectivity index (χ2n) is 3.95. The average Bonchev–Trinajstić information content (AvgIpc) is 2.37. The Kier molecular flexibility index (Phi) is 7.41. The van der Waals surface area contributed by atoms with Gasteiger partial charge in [0.05, 0.1) is 10.7 Å². The molecule has 0 heterocycles. The summed E-state index contributed by atoms with van der Waals surface area (Å²) in [7, 11) is 0. The molecule has 0 amide bonds. The van der Waals surface area contributed by atoms with Crippen molar-refractivity contribution in [1.29, 1.82) is 0 Å². The van der Waals surface area contributed by atoms with Crippen LogP contribution in [0.25, 0.3) is 5.70 Å². The summed E-state index contributed by atoms with van der Waals surface area (Å²) < 4.78 is 53.3. The third kappa shape index (κ3) is 6.35. The lowest BCUT2D eigenvalue weighted by Gasteiger charge is -2.09. The zero-order valence-corrected chi connectivity index (χ0v) is 12.8. The van der Waals surface area contributed by atoms with E-state index in [0.29, 0.717) is 0 Å². The molecule has 1 rings (SSSR count). The van der Waals surface area contributed by atoms with Crippen molar-refractivity contribution in [3.05, 3.63) is 46.6 Å². The van der Waals surface area contributed by atoms with E-state index in [1.165, 1.54) is 6.07 Å². The summed E-state index contributed by atoms with van der Waals surface area (Å²) >= 11 is 5.83. The molecule has 0 spiro atoms. The molecule has 6 N–H and O–H groups in total. The summed E-state index contributed by atoms with van der Waals surface area (Å²) in [6, 6.07) is 2.17. The number of rotatable bonds is 4. The lowest BCUT2D eigenvalue weighted by atomic mass is 10.1. The van der Waals surface area contributed by atoms with Crippen molar-refractivity contribution >= 4 is 36.5 Å². The average molecular weight is 360 g/mol. The second kappa shape index (κ2) is 8.04. The normalized spacial score (nSPS) is 12.8. The molecule has 0 aliphatic rings. The quantitative estimate of drug-likeness (QED) is 0.334. The highest BCUT2D eigenvalue weighted by atomic mass is 35.5. The number of halogens is 5. The molecular formula is C12H14ClF4N3OS. The van der Waals surface area contributed by atoms with E-state index in [2.05, 4.69) is 4.74 Å². The first-order chi connectivity index (χ1) is 9.60. The number of nitrogen functional groups attached to an aromatic ring is 1. The Hall–Kier alpha value is -1.74. The van der Waals surface area contributed by atoms with E-state index in [1.54, 1.807) is 0 Å². The van der Waals surface area contributed by atoms with E-state index < -0.39 is 24.5 Å². The summed E-state index contributed by atoms with van der Waals surface area (Å²) in [5.41, 5.74) is 16.1. The van der Waals surface area contributed by atoms with Gasteiger partial charge < -0.3 is 21.9 Å². The third-order valence-electron chi connectivity index (χ3n) is 2.23. The number of anilines is 1. The van der Waals surface area contributed by atoms with Crippen molar-refractivity contribution in [2.45, 2.75) is 6.18 Å². The molecule has 0 saturated heterocycles. The Bertz CT molecular complexity index is 590. The Labute approximate surface area is 136 Å². The van der Waals surface area contributed by atoms with E-state index in [-0.39, 0.29) is 35.5 Å². The molecule has 0 aliphatic heterocycles. The van der Waals surface area contributed by atoms with E-state index >= 15 is 0 Å². The zero-order valence-electron chi connectivity index (χ0n) is 11.0.